The third-order valence-corrected chi connectivity index (χ3v) is 5.48. The van der Waals surface area contributed by atoms with E-state index in [4.69, 9.17) is 9.47 Å². The summed E-state index contributed by atoms with van der Waals surface area (Å²) in [5.41, 5.74) is 0.108. The Bertz CT molecular complexity index is 1230. The number of nitrogens with one attached hydrogen (secondary N) is 2. The molecule has 1 aromatic heterocycles. The Balaban J connectivity index is 1.22. The first-order valence-electron chi connectivity index (χ1n) is 9.78. The number of carbonyl (C=O) groups is 1. The van der Waals surface area contributed by atoms with E-state index in [1.54, 1.807) is 0 Å². The number of hydrogen-bond donors (Lipinski definition) is 2. The number of ether oxygens (including phenoxy) is 2. The maximum absolute atomic E-state index is 14.2. The zero-order valence-corrected chi connectivity index (χ0v) is 16.5. The van der Waals surface area contributed by atoms with Gasteiger partial charge in [0.25, 0.3) is 0 Å². The Labute approximate surface area is 183 Å². The number of hydrogen-bond acceptors (Lipinski definition) is 4. The highest BCUT2D eigenvalue weighted by Crippen LogP contribution is 2.55. The number of benzene rings is 2. The van der Waals surface area contributed by atoms with E-state index in [-0.39, 0.29) is 35.4 Å². The van der Waals surface area contributed by atoms with Crippen molar-refractivity contribution in [3.63, 3.8) is 0 Å². The zero-order chi connectivity index (χ0) is 23.3. The Morgan fingerprint density at radius 3 is 2.42 bits per heavy atom. The van der Waals surface area contributed by atoms with E-state index >= 15 is 0 Å². The maximum atomic E-state index is 14.2. The summed E-state index contributed by atoms with van der Waals surface area (Å²) in [6, 6.07) is 4.50. The van der Waals surface area contributed by atoms with Crippen LogP contribution in [0.2, 0.25) is 0 Å². The van der Waals surface area contributed by atoms with E-state index in [2.05, 4.69) is 15.6 Å². The van der Waals surface area contributed by atoms with Gasteiger partial charge in [-0.25, -0.2) is 31.7 Å². The lowest BCUT2D eigenvalue weighted by Crippen LogP contribution is -2.32. The SMILES string of the molecule is O=C(Nc1ccc(Oc2c(F)cc(F)cc2F)cn1)N[C@@H]1[C@H]2COc3c(F)ccc(F)c3[C@@H]21. The van der Waals surface area contributed by atoms with Crippen LogP contribution in [0.3, 0.4) is 0 Å². The van der Waals surface area contributed by atoms with Crippen LogP contribution in [0.25, 0.3) is 0 Å². The van der Waals surface area contributed by atoms with Gasteiger partial charge in [-0.1, -0.05) is 0 Å². The lowest BCUT2D eigenvalue weighted by Gasteiger charge is -2.16. The van der Waals surface area contributed by atoms with Gasteiger partial charge in [-0.2, -0.15) is 0 Å². The second-order valence-corrected chi connectivity index (χ2v) is 7.58. The number of urea groups is 1. The van der Waals surface area contributed by atoms with Crippen LogP contribution in [-0.4, -0.2) is 23.7 Å². The van der Waals surface area contributed by atoms with Gasteiger partial charge in [0.1, 0.15) is 23.2 Å². The van der Waals surface area contributed by atoms with Crippen LogP contribution in [-0.2, 0) is 0 Å². The molecule has 0 unspecified atom stereocenters. The van der Waals surface area contributed by atoms with Gasteiger partial charge < -0.3 is 14.8 Å². The summed E-state index contributed by atoms with van der Waals surface area (Å²) < 4.78 is 78.8. The summed E-state index contributed by atoms with van der Waals surface area (Å²) in [5.74, 6) is -6.26. The van der Waals surface area contributed by atoms with Gasteiger partial charge in [-0.3, -0.25) is 5.32 Å². The molecule has 1 aliphatic carbocycles. The van der Waals surface area contributed by atoms with E-state index in [1.165, 1.54) is 12.1 Å². The first-order valence-corrected chi connectivity index (χ1v) is 9.78. The smallest absolute Gasteiger partial charge is 0.320 e. The van der Waals surface area contributed by atoms with Crippen LogP contribution in [0.1, 0.15) is 11.5 Å². The fraction of sp³-hybridized carbons (Fsp3) is 0.182. The molecule has 1 fully saturated rings. The molecule has 3 aromatic rings. The van der Waals surface area contributed by atoms with Crippen LogP contribution in [0.4, 0.5) is 32.6 Å². The number of carbonyl (C=O) groups excluding carboxylic acids is 1. The third-order valence-electron chi connectivity index (χ3n) is 5.48. The predicted octanol–water partition coefficient (Wildman–Crippen LogP) is 4.87. The molecule has 2 N–H and O–H groups in total. The average molecular weight is 463 g/mol. The highest BCUT2D eigenvalue weighted by molar-refractivity contribution is 5.89. The first-order chi connectivity index (χ1) is 15.8. The number of fused-ring (bicyclic) bond motifs is 3. The number of amides is 2. The minimum absolute atomic E-state index is 0.0511. The summed E-state index contributed by atoms with van der Waals surface area (Å²) in [6.07, 6.45) is 1.11. The molecule has 170 valence electrons. The van der Waals surface area contributed by atoms with Crippen molar-refractivity contribution in [3.05, 3.63) is 77.2 Å². The van der Waals surface area contributed by atoms with Crippen LogP contribution in [0.5, 0.6) is 17.2 Å². The number of nitrogens with zero attached hydrogens (tertiary/aromatic N) is 1. The topological polar surface area (TPSA) is 72.5 Å². The lowest BCUT2D eigenvalue weighted by atomic mass is 10.0. The summed E-state index contributed by atoms with van der Waals surface area (Å²) in [4.78, 5) is 16.3. The van der Waals surface area contributed by atoms with E-state index in [0.717, 1.165) is 18.3 Å². The Hall–Kier alpha value is -3.89. The van der Waals surface area contributed by atoms with Gasteiger partial charge in [-0.05, 0) is 24.3 Å². The minimum atomic E-state index is -1.22. The molecule has 33 heavy (non-hydrogen) atoms. The summed E-state index contributed by atoms with van der Waals surface area (Å²) in [7, 11) is 0. The van der Waals surface area contributed by atoms with Crippen molar-refractivity contribution in [2.45, 2.75) is 12.0 Å². The minimum Gasteiger partial charge on any atom is -0.490 e. The van der Waals surface area contributed by atoms with Crippen molar-refractivity contribution in [3.8, 4) is 17.2 Å². The van der Waals surface area contributed by atoms with Gasteiger partial charge in [0.15, 0.2) is 29.0 Å². The molecule has 3 atom stereocenters. The molecular weight excluding hydrogens is 449 g/mol. The zero-order valence-electron chi connectivity index (χ0n) is 16.5. The normalized spacial score (nSPS) is 20.2. The molecule has 0 bridgehead atoms. The largest absolute Gasteiger partial charge is 0.490 e. The second kappa shape index (κ2) is 7.91. The molecule has 2 aliphatic rings. The summed E-state index contributed by atoms with van der Waals surface area (Å²) in [5, 5.41) is 5.15. The molecule has 0 spiro atoms. The maximum Gasteiger partial charge on any atom is 0.320 e. The number of halogens is 5. The van der Waals surface area contributed by atoms with Crippen LogP contribution < -0.4 is 20.1 Å². The van der Waals surface area contributed by atoms with Crippen molar-refractivity contribution in [2.24, 2.45) is 5.92 Å². The molecule has 1 saturated carbocycles. The average Bonchev–Trinajstić information content (AvgIpc) is 3.46. The standard InChI is InChI=1S/C22H14F5N3O3/c23-9-5-14(26)20(15(27)6-9)33-10-1-4-16(28-7-10)29-22(31)30-19-11-8-32-21-13(25)3-2-12(24)18(21)17(11)19/h1-7,11,17,19H,8H2,(H2,28,29,30,31)/t11-,17+,19+/m0/s1. The lowest BCUT2D eigenvalue weighted by molar-refractivity contribution is 0.247. The molecule has 5 rings (SSSR count). The molecule has 6 nitrogen and oxygen atoms in total. The number of aromatic nitrogens is 1. The molecule has 0 radical (unpaired) electrons. The van der Waals surface area contributed by atoms with Crippen LogP contribution >= 0.6 is 0 Å². The molecule has 2 aromatic carbocycles. The van der Waals surface area contributed by atoms with E-state index in [1.807, 2.05) is 0 Å². The Morgan fingerprint density at radius 2 is 1.73 bits per heavy atom. The second-order valence-electron chi connectivity index (χ2n) is 7.58. The van der Waals surface area contributed by atoms with Crippen molar-refractivity contribution >= 4 is 11.8 Å². The van der Waals surface area contributed by atoms with Crippen molar-refractivity contribution < 1.29 is 36.2 Å². The van der Waals surface area contributed by atoms with Gasteiger partial charge >= 0.3 is 6.03 Å². The molecule has 1 aliphatic heterocycles. The van der Waals surface area contributed by atoms with E-state index < -0.39 is 52.8 Å². The number of pyridine rings is 1. The fourth-order valence-electron chi connectivity index (χ4n) is 3.92. The highest BCUT2D eigenvalue weighted by Gasteiger charge is 2.57. The first kappa shape index (κ1) is 21.0. The molecular formula is C22H14F5N3O3. The fourth-order valence-corrected chi connectivity index (χ4v) is 3.92. The number of rotatable bonds is 4. The van der Waals surface area contributed by atoms with Crippen molar-refractivity contribution in [2.75, 3.05) is 11.9 Å². The summed E-state index contributed by atoms with van der Waals surface area (Å²) >= 11 is 0. The Kier molecular flexibility index (Phi) is 5.03. The van der Waals surface area contributed by atoms with Crippen molar-refractivity contribution in [1.82, 2.24) is 10.3 Å². The monoisotopic (exact) mass is 463 g/mol. The molecule has 0 saturated heterocycles. The van der Waals surface area contributed by atoms with Crippen LogP contribution in [0, 0.1) is 35.0 Å². The van der Waals surface area contributed by atoms with Crippen LogP contribution in [0.15, 0.2) is 42.6 Å². The van der Waals surface area contributed by atoms with Gasteiger partial charge in [0, 0.05) is 35.6 Å². The predicted molar refractivity (Wildman–Crippen MR) is 105 cm³/mol. The third kappa shape index (κ3) is 3.90. The summed E-state index contributed by atoms with van der Waals surface area (Å²) in [6.45, 7) is 0.143. The number of anilines is 1. The molecule has 2 heterocycles. The Morgan fingerprint density at radius 1 is 1.00 bits per heavy atom. The van der Waals surface area contributed by atoms with Crippen molar-refractivity contribution in [1.29, 1.82) is 0 Å². The molecule has 2 amide bonds. The van der Waals surface area contributed by atoms with E-state index in [0.29, 0.717) is 12.1 Å². The van der Waals surface area contributed by atoms with Gasteiger partial charge in [0.2, 0.25) is 0 Å². The van der Waals surface area contributed by atoms with Gasteiger partial charge in [-0.15, -0.1) is 0 Å². The van der Waals surface area contributed by atoms with Gasteiger partial charge in [0.05, 0.1) is 12.8 Å². The van der Waals surface area contributed by atoms with E-state index in [9.17, 15) is 26.7 Å². The highest BCUT2D eigenvalue weighted by atomic mass is 19.2. The quantitative estimate of drug-likeness (QED) is 0.542. The molecule has 11 heteroatoms.